The Hall–Kier alpha value is -0.750. The van der Waals surface area contributed by atoms with Crippen molar-refractivity contribution in [2.45, 2.75) is 19.9 Å². The number of carboxylic acid groups (broad SMARTS) is 1. The molecule has 0 rings (SSSR count). The van der Waals surface area contributed by atoms with Gasteiger partial charge >= 0.3 is 5.97 Å². The Morgan fingerprint density at radius 3 is 2.50 bits per heavy atom. The molecule has 0 aliphatic rings. The fraction of sp³-hybridized carbons (Fsp3) is 0.800. The molecule has 0 aromatic rings. The number of ether oxygens (including phenoxy) is 1. The molecule has 0 saturated carbocycles. The first-order chi connectivity index (χ1) is 7.49. The van der Waals surface area contributed by atoms with Gasteiger partial charge in [-0.15, -0.1) is 11.8 Å². The van der Waals surface area contributed by atoms with Crippen LogP contribution in [0.15, 0.2) is 0 Å². The Labute approximate surface area is 99.9 Å². The Morgan fingerprint density at radius 1 is 1.44 bits per heavy atom. The fourth-order valence-electron chi connectivity index (χ4n) is 1.04. The number of hydrogen-bond acceptors (Lipinski definition) is 4. The van der Waals surface area contributed by atoms with E-state index < -0.39 is 12.0 Å². The van der Waals surface area contributed by atoms with Crippen molar-refractivity contribution in [3.63, 3.8) is 0 Å². The second-order valence-corrected chi connectivity index (χ2v) is 4.78. The molecule has 1 atom stereocenters. The van der Waals surface area contributed by atoms with Crippen molar-refractivity contribution in [3.8, 4) is 0 Å². The number of carboxylic acids is 1. The van der Waals surface area contributed by atoms with E-state index >= 15 is 0 Å². The van der Waals surface area contributed by atoms with Crippen LogP contribution in [0, 0.1) is 5.92 Å². The maximum atomic E-state index is 11.4. The SMILES string of the molecule is COCCSCC(=O)N[C@@H](C(=O)O)C(C)C. The second kappa shape index (κ2) is 8.41. The number of carbonyl (C=O) groups is 2. The van der Waals surface area contributed by atoms with E-state index in [0.29, 0.717) is 6.61 Å². The van der Waals surface area contributed by atoms with Gasteiger partial charge in [-0.3, -0.25) is 4.79 Å². The van der Waals surface area contributed by atoms with Crippen molar-refractivity contribution in [1.82, 2.24) is 5.32 Å². The molecule has 0 aliphatic heterocycles. The zero-order valence-corrected chi connectivity index (χ0v) is 10.7. The van der Waals surface area contributed by atoms with Crippen LogP contribution in [0.4, 0.5) is 0 Å². The minimum absolute atomic E-state index is 0.120. The van der Waals surface area contributed by atoms with Gasteiger partial charge in [-0.25, -0.2) is 4.79 Å². The van der Waals surface area contributed by atoms with Crippen molar-refractivity contribution >= 4 is 23.6 Å². The molecule has 0 aromatic carbocycles. The monoisotopic (exact) mass is 249 g/mol. The van der Waals surface area contributed by atoms with E-state index in [1.54, 1.807) is 21.0 Å². The molecule has 5 nitrogen and oxygen atoms in total. The van der Waals surface area contributed by atoms with Crippen molar-refractivity contribution in [3.05, 3.63) is 0 Å². The molecule has 0 radical (unpaired) electrons. The molecule has 2 N–H and O–H groups in total. The summed E-state index contributed by atoms with van der Waals surface area (Å²) in [6.45, 7) is 4.11. The summed E-state index contributed by atoms with van der Waals surface area (Å²) in [6, 6.07) is -0.810. The van der Waals surface area contributed by atoms with E-state index in [9.17, 15) is 9.59 Å². The molecular weight excluding hydrogens is 230 g/mol. The highest BCUT2D eigenvalue weighted by molar-refractivity contribution is 7.99. The Kier molecular flexibility index (Phi) is 8.01. The molecular formula is C10H19NO4S. The highest BCUT2D eigenvalue weighted by atomic mass is 32.2. The van der Waals surface area contributed by atoms with E-state index in [1.165, 1.54) is 11.8 Å². The van der Waals surface area contributed by atoms with Crippen LogP contribution in [0.2, 0.25) is 0 Å². The predicted octanol–water partition coefficient (Wildman–Crippen LogP) is 0.591. The average molecular weight is 249 g/mol. The van der Waals surface area contributed by atoms with Crippen LogP contribution < -0.4 is 5.32 Å². The third kappa shape index (κ3) is 6.68. The Balaban J connectivity index is 3.87. The molecule has 0 heterocycles. The quantitative estimate of drug-likeness (QED) is 0.616. The van der Waals surface area contributed by atoms with Gasteiger partial charge in [0.25, 0.3) is 0 Å². The van der Waals surface area contributed by atoms with Gasteiger partial charge in [0.05, 0.1) is 12.4 Å². The van der Waals surface area contributed by atoms with Gasteiger partial charge in [-0.1, -0.05) is 13.8 Å². The van der Waals surface area contributed by atoms with E-state index in [0.717, 1.165) is 5.75 Å². The summed E-state index contributed by atoms with van der Waals surface area (Å²) in [6.07, 6.45) is 0. The lowest BCUT2D eigenvalue weighted by Crippen LogP contribution is -2.45. The molecule has 0 unspecified atom stereocenters. The van der Waals surface area contributed by atoms with Crippen LogP contribution in [-0.4, -0.2) is 48.2 Å². The van der Waals surface area contributed by atoms with Crippen LogP contribution in [0.1, 0.15) is 13.8 Å². The lowest BCUT2D eigenvalue weighted by atomic mass is 10.1. The van der Waals surface area contributed by atoms with E-state index in [4.69, 9.17) is 9.84 Å². The van der Waals surface area contributed by atoms with Crippen molar-refractivity contribution < 1.29 is 19.4 Å². The summed E-state index contributed by atoms with van der Waals surface area (Å²) < 4.78 is 4.83. The first-order valence-electron chi connectivity index (χ1n) is 5.08. The summed E-state index contributed by atoms with van der Waals surface area (Å²) in [4.78, 5) is 22.2. The topological polar surface area (TPSA) is 75.6 Å². The summed E-state index contributed by atoms with van der Waals surface area (Å²) in [5, 5.41) is 11.4. The molecule has 0 aliphatic carbocycles. The average Bonchev–Trinajstić information content (AvgIpc) is 2.20. The third-order valence-corrected chi connectivity index (χ3v) is 2.84. The van der Waals surface area contributed by atoms with Crippen molar-refractivity contribution in [1.29, 1.82) is 0 Å². The minimum Gasteiger partial charge on any atom is -0.480 e. The van der Waals surface area contributed by atoms with Gasteiger partial charge < -0.3 is 15.2 Å². The second-order valence-electron chi connectivity index (χ2n) is 3.67. The van der Waals surface area contributed by atoms with Crippen molar-refractivity contribution in [2.24, 2.45) is 5.92 Å². The number of carbonyl (C=O) groups excluding carboxylic acids is 1. The number of hydrogen-bond donors (Lipinski definition) is 2. The first-order valence-corrected chi connectivity index (χ1v) is 6.23. The van der Waals surface area contributed by atoms with E-state index in [1.807, 2.05) is 0 Å². The van der Waals surface area contributed by atoms with Gasteiger partial charge in [0.1, 0.15) is 6.04 Å². The normalized spacial score (nSPS) is 12.5. The van der Waals surface area contributed by atoms with Crippen LogP contribution in [0.5, 0.6) is 0 Å². The highest BCUT2D eigenvalue weighted by Crippen LogP contribution is 2.04. The number of nitrogens with one attached hydrogen (secondary N) is 1. The number of thioether (sulfide) groups is 1. The Bertz CT molecular complexity index is 233. The number of rotatable bonds is 8. The predicted molar refractivity (Wildman–Crippen MR) is 63.6 cm³/mol. The van der Waals surface area contributed by atoms with Gasteiger partial charge in [0.2, 0.25) is 5.91 Å². The molecule has 0 aromatic heterocycles. The summed E-state index contributed by atoms with van der Waals surface area (Å²) in [5.41, 5.74) is 0. The molecule has 1 amide bonds. The molecule has 0 bridgehead atoms. The van der Waals surface area contributed by atoms with Crippen LogP contribution in [0.25, 0.3) is 0 Å². The number of amides is 1. The third-order valence-electron chi connectivity index (χ3n) is 1.91. The standard InChI is InChI=1S/C10H19NO4S/c1-7(2)9(10(13)14)11-8(12)6-16-5-4-15-3/h7,9H,4-6H2,1-3H3,(H,11,12)(H,13,14)/t9-/m1/s1. The highest BCUT2D eigenvalue weighted by Gasteiger charge is 2.22. The van der Waals surface area contributed by atoms with Crippen LogP contribution in [-0.2, 0) is 14.3 Å². The zero-order chi connectivity index (χ0) is 12.6. The first kappa shape index (κ1) is 15.2. The Morgan fingerprint density at radius 2 is 2.06 bits per heavy atom. The summed E-state index contributed by atoms with van der Waals surface area (Å²) in [7, 11) is 1.60. The number of aliphatic carboxylic acids is 1. The smallest absolute Gasteiger partial charge is 0.326 e. The zero-order valence-electron chi connectivity index (χ0n) is 9.86. The maximum absolute atomic E-state index is 11.4. The lowest BCUT2D eigenvalue weighted by molar-refractivity contribution is -0.142. The largest absolute Gasteiger partial charge is 0.480 e. The molecule has 16 heavy (non-hydrogen) atoms. The molecule has 94 valence electrons. The van der Waals surface area contributed by atoms with Gasteiger partial charge in [-0.2, -0.15) is 0 Å². The lowest BCUT2D eigenvalue weighted by Gasteiger charge is -2.17. The van der Waals surface area contributed by atoms with Crippen LogP contribution in [0.3, 0.4) is 0 Å². The van der Waals surface area contributed by atoms with Crippen molar-refractivity contribution in [2.75, 3.05) is 25.2 Å². The van der Waals surface area contributed by atoms with Gasteiger partial charge in [-0.05, 0) is 5.92 Å². The number of methoxy groups -OCH3 is 1. The maximum Gasteiger partial charge on any atom is 0.326 e. The fourth-order valence-corrected chi connectivity index (χ4v) is 1.73. The summed E-state index contributed by atoms with van der Waals surface area (Å²) in [5.74, 6) is -0.374. The molecule has 0 saturated heterocycles. The van der Waals surface area contributed by atoms with Gasteiger partial charge in [0.15, 0.2) is 0 Å². The molecule has 6 heteroatoms. The molecule has 0 fully saturated rings. The van der Waals surface area contributed by atoms with Crippen LogP contribution >= 0.6 is 11.8 Å². The minimum atomic E-state index is -0.995. The van der Waals surface area contributed by atoms with Gasteiger partial charge in [0, 0.05) is 12.9 Å². The summed E-state index contributed by atoms with van der Waals surface area (Å²) >= 11 is 1.42. The molecule has 0 spiro atoms. The van der Waals surface area contributed by atoms with E-state index in [2.05, 4.69) is 5.32 Å². The van der Waals surface area contributed by atoms with E-state index in [-0.39, 0.29) is 17.6 Å².